The second kappa shape index (κ2) is 4.22. The van der Waals surface area contributed by atoms with Crippen LogP contribution in [0.5, 0.6) is 0 Å². The molecule has 2 nitrogen and oxygen atoms in total. The number of fused-ring (bicyclic) bond motifs is 1. The van der Waals surface area contributed by atoms with Crippen molar-refractivity contribution in [2.75, 3.05) is 0 Å². The Hall–Kier alpha value is -1.42. The van der Waals surface area contributed by atoms with Crippen LogP contribution in [0, 0.1) is 0 Å². The third-order valence-corrected chi connectivity index (χ3v) is 3.70. The first-order valence-corrected chi connectivity index (χ1v) is 5.65. The molecule has 0 aromatic heterocycles. The smallest absolute Gasteiger partial charge is 0.275 e. The third-order valence-electron chi connectivity index (χ3n) is 2.54. The topological polar surface area (TPSA) is 23.5 Å². The zero-order valence-electron chi connectivity index (χ0n) is 8.90. The van der Waals surface area contributed by atoms with Gasteiger partial charge in [0.25, 0.3) is 6.01 Å². The summed E-state index contributed by atoms with van der Waals surface area (Å²) in [5, 5.41) is 8.78. The molecule has 0 atom stereocenters. The number of benzene rings is 1. The summed E-state index contributed by atoms with van der Waals surface area (Å²) in [6, 6.07) is 6.82. The minimum absolute atomic E-state index is 0.181. The maximum atomic E-state index is 12.7. The number of halogens is 1. The van der Waals surface area contributed by atoms with Gasteiger partial charge in [0.1, 0.15) is 0 Å². The number of aliphatic hydroxyl groups excluding tert-OH is 1. The van der Waals surface area contributed by atoms with Crippen LogP contribution in [-0.2, 0) is 6.54 Å². The first-order valence-electron chi connectivity index (χ1n) is 4.87. The highest BCUT2D eigenvalue weighted by molar-refractivity contribution is 7.97. The van der Waals surface area contributed by atoms with Crippen molar-refractivity contribution >= 4 is 11.9 Å². The predicted octanol–water partition coefficient (Wildman–Crippen LogP) is 3.78. The molecule has 1 aromatic rings. The number of allylic oxidation sites excluding steroid dienone is 1. The van der Waals surface area contributed by atoms with Crippen LogP contribution in [0.2, 0.25) is 0 Å². The Morgan fingerprint density at radius 1 is 1.50 bits per heavy atom. The van der Waals surface area contributed by atoms with Gasteiger partial charge in [0.2, 0.25) is 0 Å². The Kier molecular flexibility index (Phi) is 2.92. The average molecular weight is 237 g/mol. The van der Waals surface area contributed by atoms with E-state index in [9.17, 15) is 4.39 Å². The molecule has 84 valence electrons. The molecular weight excluding hydrogens is 225 g/mol. The Morgan fingerprint density at radius 3 is 2.81 bits per heavy atom. The van der Waals surface area contributed by atoms with Gasteiger partial charge in [0, 0.05) is 16.2 Å². The van der Waals surface area contributed by atoms with Crippen LogP contribution < -0.4 is 0 Å². The van der Waals surface area contributed by atoms with E-state index >= 15 is 0 Å². The first-order chi connectivity index (χ1) is 7.59. The number of hydrogen-bond donors (Lipinski definition) is 1. The molecule has 0 unspecified atom stereocenters. The van der Waals surface area contributed by atoms with E-state index < -0.39 is 6.01 Å². The van der Waals surface area contributed by atoms with E-state index in [0.29, 0.717) is 12.2 Å². The van der Waals surface area contributed by atoms with Gasteiger partial charge in [-0.2, -0.15) is 4.39 Å². The fourth-order valence-electron chi connectivity index (χ4n) is 1.49. The molecule has 0 bridgehead atoms. The van der Waals surface area contributed by atoms with Crippen LogP contribution in [0.25, 0.3) is 0 Å². The number of nitrogens with zero attached hydrogens (tertiary/aromatic N) is 1. The Labute approximate surface area is 98.2 Å². The highest BCUT2D eigenvalue weighted by Crippen LogP contribution is 2.39. The lowest BCUT2D eigenvalue weighted by Gasteiger charge is -2.18. The van der Waals surface area contributed by atoms with Crippen LogP contribution in [-0.4, -0.2) is 9.41 Å². The van der Waals surface area contributed by atoms with Gasteiger partial charge >= 0.3 is 0 Å². The normalized spacial score (nSPS) is 15.8. The van der Waals surface area contributed by atoms with Gasteiger partial charge < -0.3 is 9.41 Å². The summed E-state index contributed by atoms with van der Waals surface area (Å²) in [5.41, 5.74) is 1.88. The zero-order valence-corrected chi connectivity index (χ0v) is 9.72. The van der Waals surface area contributed by atoms with Gasteiger partial charge in [0.05, 0.1) is 6.54 Å². The average Bonchev–Trinajstić information content (AvgIpc) is 2.70. The Morgan fingerprint density at radius 2 is 2.19 bits per heavy atom. The van der Waals surface area contributed by atoms with Gasteiger partial charge in [-0.15, -0.1) is 0 Å². The van der Waals surface area contributed by atoms with Crippen molar-refractivity contribution < 1.29 is 9.50 Å². The fraction of sp³-hybridized carbons (Fsp3) is 0.167. The molecule has 0 saturated heterocycles. The Bertz CT molecular complexity index is 441. The largest absolute Gasteiger partial charge is 0.486 e. The molecular formula is C12H12FNOS. The monoisotopic (exact) mass is 237 g/mol. The summed E-state index contributed by atoms with van der Waals surface area (Å²) in [4.78, 5) is 1.15. The molecule has 4 heteroatoms. The van der Waals surface area contributed by atoms with Crippen LogP contribution in [0.15, 0.2) is 53.0 Å². The van der Waals surface area contributed by atoms with Gasteiger partial charge in [-0.1, -0.05) is 24.8 Å². The maximum Gasteiger partial charge on any atom is 0.275 e. The molecule has 2 rings (SSSR count). The second-order valence-electron chi connectivity index (χ2n) is 3.60. The first kappa shape index (κ1) is 11.1. The summed E-state index contributed by atoms with van der Waals surface area (Å²) >= 11 is 1.51. The lowest BCUT2D eigenvalue weighted by atomic mass is 10.2. The Balaban J connectivity index is 2.19. The molecule has 16 heavy (non-hydrogen) atoms. The number of hydrogen-bond acceptors (Lipinski definition) is 3. The summed E-state index contributed by atoms with van der Waals surface area (Å²) in [7, 11) is 0. The molecule has 1 heterocycles. The van der Waals surface area contributed by atoms with E-state index in [1.165, 1.54) is 24.4 Å². The van der Waals surface area contributed by atoms with E-state index in [-0.39, 0.29) is 5.57 Å². The van der Waals surface area contributed by atoms with Gasteiger partial charge in [-0.05, 0) is 30.5 Å². The minimum Gasteiger partial charge on any atom is -0.486 e. The van der Waals surface area contributed by atoms with Crippen molar-refractivity contribution in [2.24, 2.45) is 0 Å². The SMILES string of the molecule is C=C(/C(C)=C(/O)F)N1Cc2ccccc2S1. The molecule has 1 aliphatic rings. The van der Waals surface area contributed by atoms with Crippen molar-refractivity contribution in [2.45, 2.75) is 18.4 Å². The van der Waals surface area contributed by atoms with E-state index in [1.807, 2.05) is 28.6 Å². The summed E-state index contributed by atoms with van der Waals surface area (Å²) < 4.78 is 14.5. The molecule has 1 aromatic carbocycles. The number of rotatable bonds is 2. The van der Waals surface area contributed by atoms with Crippen molar-refractivity contribution in [3.8, 4) is 0 Å². The lowest BCUT2D eigenvalue weighted by molar-refractivity contribution is 0.275. The van der Waals surface area contributed by atoms with Gasteiger partial charge in [-0.25, -0.2) is 0 Å². The summed E-state index contributed by atoms with van der Waals surface area (Å²) in [6.07, 6.45) is 0. The van der Waals surface area contributed by atoms with Gasteiger partial charge in [0.15, 0.2) is 0 Å². The predicted molar refractivity (Wildman–Crippen MR) is 63.4 cm³/mol. The van der Waals surface area contributed by atoms with E-state index in [2.05, 4.69) is 6.58 Å². The summed E-state index contributed by atoms with van der Waals surface area (Å²) in [5.74, 6) is 0. The third kappa shape index (κ3) is 1.93. The zero-order chi connectivity index (χ0) is 11.7. The van der Waals surface area contributed by atoms with Crippen LogP contribution in [0.1, 0.15) is 12.5 Å². The van der Waals surface area contributed by atoms with Crippen molar-refractivity contribution in [3.05, 3.63) is 53.7 Å². The second-order valence-corrected chi connectivity index (χ2v) is 4.66. The van der Waals surface area contributed by atoms with Crippen LogP contribution in [0.4, 0.5) is 4.39 Å². The molecule has 1 N–H and O–H groups in total. The van der Waals surface area contributed by atoms with Crippen LogP contribution in [0.3, 0.4) is 0 Å². The molecule has 0 aliphatic carbocycles. The highest BCUT2D eigenvalue weighted by Gasteiger charge is 2.22. The van der Waals surface area contributed by atoms with Gasteiger partial charge in [-0.3, -0.25) is 0 Å². The molecule has 0 radical (unpaired) electrons. The van der Waals surface area contributed by atoms with E-state index in [0.717, 1.165) is 4.90 Å². The maximum absolute atomic E-state index is 12.7. The molecule has 1 aliphatic heterocycles. The van der Waals surface area contributed by atoms with Crippen LogP contribution >= 0.6 is 11.9 Å². The van der Waals surface area contributed by atoms with Crippen molar-refractivity contribution in [1.29, 1.82) is 0 Å². The molecule has 0 amide bonds. The fourth-order valence-corrected chi connectivity index (χ4v) is 2.56. The van der Waals surface area contributed by atoms with Crippen molar-refractivity contribution in [1.82, 2.24) is 4.31 Å². The molecule has 0 saturated carbocycles. The summed E-state index contributed by atoms with van der Waals surface area (Å²) in [6.45, 7) is 5.99. The number of aliphatic hydroxyl groups is 1. The van der Waals surface area contributed by atoms with E-state index in [4.69, 9.17) is 5.11 Å². The standard InChI is InChI=1S/C12H12FNOS/c1-8(12(13)15)9(2)14-7-10-5-3-4-6-11(10)16-14/h3-6,15H,2,7H2,1H3/b12-8+. The molecule has 0 fully saturated rings. The molecule has 0 spiro atoms. The lowest BCUT2D eigenvalue weighted by Crippen LogP contribution is -2.10. The highest BCUT2D eigenvalue weighted by atomic mass is 32.2. The van der Waals surface area contributed by atoms with Crippen molar-refractivity contribution in [3.63, 3.8) is 0 Å². The quantitative estimate of drug-likeness (QED) is 0.481. The van der Waals surface area contributed by atoms with E-state index in [1.54, 1.807) is 0 Å². The minimum atomic E-state index is -1.17.